The van der Waals surface area contributed by atoms with Gasteiger partial charge >= 0.3 is 0 Å². The van der Waals surface area contributed by atoms with E-state index in [1.165, 1.54) is 70.9 Å². The molecule has 3 rings (SSSR count). The van der Waals surface area contributed by atoms with Crippen molar-refractivity contribution in [3.8, 4) is 0 Å². The highest BCUT2D eigenvalue weighted by Crippen LogP contribution is 2.48. The molecule has 0 aromatic carbocycles. The summed E-state index contributed by atoms with van der Waals surface area (Å²) in [6.07, 6.45) is 14.5. The van der Waals surface area contributed by atoms with E-state index in [-0.39, 0.29) is 0 Å². The molecule has 2 nitrogen and oxygen atoms in total. The molecule has 2 N–H and O–H groups in total. The summed E-state index contributed by atoms with van der Waals surface area (Å²) in [6, 6.07) is 0. The maximum atomic E-state index is 6.20. The van der Waals surface area contributed by atoms with Crippen LogP contribution in [0.1, 0.15) is 64.2 Å². The molecule has 3 aliphatic carbocycles. The van der Waals surface area contributed by atoms with Gasteiger partial charge in [-0.05, 0) is 68.9 Å². The van der Waals surface area contributed by atoms with Gasteiger partial charge < -0.3 is 10.6 Å². The van der Waals surface area contributed by atoms with E-state index in [4.69, 9.17) is 5.73 Å². The average Bonchev–Trinajstić information content (AvgIpc) is 2.97. The van der Waals surface area contributed by atoms with Crippen LogP contribution in [0.15, 0.2) is 0 Å². The fourth-order valence-corrected chi connectivity index (χ4v) is 5.54. The molecule has 0 radical (unpaired) electrons. The lowest BCUT2D eigenvalue weighted by Crippen LogP contribution is -2.43. The van der Waals surface area contributed by atoms with Gasteiger partial charge in [-0.3, -0.25) is 0 Å². The molecule has 3 saturated carbocycles. The second kappa shape index (κ2) is 6.36. The highest BCUT2D eigenvalue weighted by atomic mass is 15.1. The lowest BCUT2D eigenvalue weighted by Gasteiger charge is -2.37. The molecule has 0 spiro atoms. The monoisotopic (exact) mass is 278 g/mol. The standard InChI is InChI=1S/C18H34N2/c1-20(12-17-11-15-6-7-16(17)10-15)14-18(13-19)8-4-2-3-5-9-18/h15-17H,2-14,19H2,1H3. The second-order valence-corrected chi connectivity index (χ2v) is 8.25. The molecule has 0 aromatic heterocycles. The van der Waals surface area contributed by atoms with Crippen LogP contribution in [0.2, 0.25) is 0 Å². The fraction of sp³-hybridized carbons (Fsp3) is 1.00. The maximum Gasteiger partial charge on any atom is 0.00471 e. The minimum Gasteiger partial charge on any atom is -0.330 e. The zero-order valence-corrected chi connectivity index (χ0v) is 13.4. The van der Waals surface area contributed by atoms with Crippen LogP contribution in [0, 0.1) is 23.2 Å². The van der Waals surface area contributed by atoms with E-state index >= 15 is 0 Å². The van der Waals surface area contributed by atoms with Crippen molar-refractivity contribution in [1.29, 1.82) is 0 Å². The quantitative estimate of drug-likeness (QED) is 0.778. The lowest BCUT2D eigenvalue weighted by atomic mass is 9.79. The van der Waals surface area contributed by atoms with E-state index in [9.17, 15) is 0 Å². The van der Waals surface area contributed by atoms with Crippen LogP contribution in [0.25, 0.3) is 0 Å². The predicted octanol–water partition coefficient (Wildman–Crippen LogP) is 3.65. The van der Waals surface area contributed by atoms with E-state index in [1.54, 1.807) is 6.42 Å². The molecule has 0 amide bonds. The maximum absolute atomic E-state index is 6.20. The Balaban J connectivity index is 1.52. The van der Waals surface area contributed by atoms with Crippen molar-refractivity contribution < 1.29 is 0 Å². The van der Waals surface area contributed by atoms with Crippen LogP contribution >= 0.6 is 0 Å². The van der Waals surface area contributed by atoms with Crippen molar-refractivity contribution in [3.63, 3.8) is 0 Å². The predicted molar refractivity (Wildman–Crippen MR) is 85.6 cm³/mol. The van der Waals surface area contributed by atoms with E-state index in [2.05, 4.69) is 11.9 Å². The Morgan fingerprint density at radius 3 is 2.35 bits per heavy atom. The number of rotatable bonds is 5. The SMILES string of the molecule is CN(CC1CC2CCC1C2)CC1(CN)CCCCCC1. The van der Waals surface area contributed by atoms with E-state index in [0.717, 1.165) is 24.3 Å². The molecule has 3 unspecified atom stereocenters. The molecule has 0 aromatic rings. The zero-order chi connectivity index (χ0) is 14.0. The van der Waals surface area contributed by atoms with Crippen molar-refractivity contribution in [2.45, 2.75) is 64.2 Å². The topological polar surface area (TPSA) is 29.3 Å². The van der Waals surface area contributed by atoms with Gasteiger partial charge in [-0.25, -0.2) is 0 Å². The van der Waals surface area contributed by atoms with Gasteiger partial charge in [-0.2, -0.15) is 0 Å². The van der Waals surface area contributed by atoms with Gasteiger partial charge in [-0.15, -0.1) is 0 Å². The average molecular weight is 278 g/mol. The van der Waals surface area contributed by atoms with Crippen molar-refractivity contribution in [3.05, 3.63) is 0 Å². The summed E-state index contributed by atoms with van der Waals surface area (Å²) in [7, 11) is 2.36. The first kappa shape index (κ1) is 14.8. The summed E-state index contributed by atoms with van der Waals surface area (Å²) >= 11 is 0. The van der Waals surface area contributed by atoms with E-state index in [1.807, 2.05) is 0 Å². The number of hydrogen-bond acceptors (Lipinski definition) is 2. The van der Waals surface area contributed by atoms with Crippen molar-refractivity contribution in [2.75, 3.05) is 26.7 Å². The second-order valence-electron chi connectivity index (χ2n) is 8.25. The Labute approximate surface area is 125 Å². The summed E-state index contributed by atoms with van der Waals surface area (Å²) in [5.41, 5.74) is 6.63. The van der Waals surface area contributed by atoms with Crippen molar-refractivity contribution in [1.82, 2.24) is 4.90 Å². The molecule has 0 heterocycles. The Hall–Kier alpha value is -0.0800. The molecule has 20 heavy (non-hydrogen) atoms. The number of fused-ring (bicyclic) bond motifs is 2. The van der Waals surface area contributed by atoms with Crippen LogP contribution in [-0.4, -0.2) is 31.6 Å². The molecular formula is C18H34N2. The number of nitrogens with two attached hydrogens (primary N) is 1. The van der Waals surface area contributed by atoms with Gasteiger partial charge in [0.25, 0.3) is 0 Å². The van der Waals surface area contributed by atoms with Crippen LogP contribution in [0.5, 0.6) is 0 Å². The summed E-state index contributed by atoms with van der Waals surface area (Å²) in [6.45, 7) is 3.48. The smallest absolute Gasteiger partial charge is 0.00471 e. The molecule has 3 fully saturated rings. The molecular weight excluding hydrogens is 244 g/mol. The number of hydrogen-bond donors (Lipinski definition) is 1. The first-order chi connectivity index (χ1) is 9.71. The number of nitrogens with zero attached hydrogens (tertiary/aromatic N) is 1. The van der Waals surface area contributed by atoms with Gasteiger partial charge in [0.15, 0.2) is 0 Å². The highest BCUT2D eigenvalue weighted by molar-refractivity contribution is 4.92. The highest BCUT2D eigenvalue weighted by Gasteiger charge is 2.40. The molecule has 2 bridgehead atoms. The third-order valence-electron chi connectivity index (χ3n) is 6.63. The van der Waals surface area contributed by atoms with Crippen LogP contribution in [0.3, 0.4) is 0 Å². The summed E-state index contributed by atoms with van der Waals surface area (Å²) in [4.78, 5) is 2.64. The van der Waals surface area contributed by atoms with Gasteiger partial charge in [-0.1, -0.05) is 32.1 Å². The Bertz CT molecular complexity index is 307. The molecule has 0 aliphatic heterocycles. The van der Waals surface area contributed by atoms with Gasteiger partial charge in [0, 0.05) is 13.1 Å². The normalized spacial score (nSPS) is 36.5. The molecule has 2 heteroatoms. The Morgan fingerprint density at radius 2 is 1.80 bits per heavy atom. The summed E-state index contributed by atoms with van der Waals surface area (Å²) in [5, 5.41) is 0. The lowest BCUT2D eigenvalue weighted by molar-refractivity contribution is 0.129. The largest absolute Gasteiger partial charge is 0.330 e. The third kappa shape index (κ3) is 3.22. The van der Waals surface area contributed by atoms with E-state index in [0.29, 0.717) is 5.41 Å². The Kier molecular flexibility index (Phi) is 4.72. The van der Waals surface area contributed by atoms with Crippen LogP contribution < -0.4 is 5.73 Å². The van der Waals surface area contributed by atoms with Gasteiger partial charge in [0.1, 0.15) is 0 Å². The minimum atomic E-state index is 0.433. The third-order valence-corrected chi connectivity index (χ3v) is 6.63. The summed E-state index contributed by atoms with van der Waals surface area (Å²) < 4.78 is 0. The van der Waals surface area contributed by atoms with Gasteiger partial charge in [0.2, 0.25) is 0 Å². The first-order valence-corrected chi connectivity index (χ1v) is 9.09. The van der Waals surface area contributed by atoms with Crippen LogP contribution in [-0.2, 0) is 0 Å². The zero-order valence-electron chi connectivity index (χ0n) is 13.4. The van der Waals surface area contributed by atoms with E-state index < -0.39 is 0 Å². The first-order valence-electron chi connectivity index (χ1n) is 9.09. The summed E-state index contributed by atoms with van der Waals surface area (Å²) in [5.74, 6) is 3.14. The molecule has 116 valence electrons. The fourth-order valence-electron chi connectivity index (χ4n) is 5.54. The van der Waals surface area contributed by atoms with Crippen molar-refractivity contribution >= 4 is 0 Å². The van der Waals surface area contributed by atoms with Crippen molar-refractivity contribution in [2.24, 2.45) is 28.9 Å². The molecule has 3 aliphatic rings. The van der Waals surface area contributed by atoms with Gasteiger partial charge in [0.05, 0.1) is 0 Å². The Morgan fingerprint density at radius 1 is 1.05 bits per heavy atom. The van der Waals surface area contributed by atoms with Crippen LogP contribution in [0.4, 0.5) is 0 Å². The molecule has 0 saturated heterocycles. The molecule has 3 atom stereocenters. The minimum absolute atomic E-state index is 0.433.